The van der Waals surface area contributed by atoms with E-state index in [0.717, 1.165) is 0 Å². The molecule has 0 radical (unpaired) electrons. The largest absolute Gasteiger partial charge is 0.402 e. The van der Waals surface area contributed by atoms with Crippen molar-refractivity contribution >= 4 is 5.97 Å². The highest BCUT2D eigenvalue weighted by molar-refractivity contribution is 5.70. The quantitative estimate of drug-likeness (QED) is 0.476. The second-order valence-electron chi connectivity index (χ2n) is 1.68. The van der Waals surface area contributed by atoms with Gasteiger partial charge in [0.2, 0.25) is 0 Å². The smallest absolute Gasteiger partial charge is 0.399 e. The number of rotatable bonds is 4. The Labute approximate surface area is 60.1 Å². The van der Waals surface area contributed by atoms with Gasteiger partial charge < -0.3 is 4.74 Å². The summed E-state index contributed by atoms with van der Waals surface area (Å²) < 4.78 is 49.8. The van der Waals surface area contributed by atoms with E-state index in [1.54, 1.807) is 0 Å². The fourth-order valence-corrected chi connectivity index (χ4v) is 0.355. The molecule has 0 saturated heterocycles. The third-order valence-electron chi connectivity index (χ3n) is 0.758. The Balaban J connectivity index is 3.80. The van der Waals surface area contributed by atoms with Gasteiger partial charge in [0.1, 0.15) is 0 Å². The van der Waals surface area contributed by atoms with Gasteiger partial charge in [-0.2, -0.15) is 8.78 Å². The van der Waals surface area contributed by atoms with E-state index in [1.165, 1.54) is 0 Å². The van der Waals surface area contributed by atoms with Crippen molar-refractivity contribution in [2.75, 3.05) is 13.3 Å². The molecule has 0 N–H and O–H groups in total. The first-order valence-corrected chi connectivity index (χ1v) is 2.73. The van der Waals surface area contributed by atoms with Gasteiger partial charge in [0.15, 0.2) is 6.67 Å². The maximum atomic E-state index is 12.0. The standard InChI is InChI=1S/C5H6F4O2/c6-2-1-5(8,9)11-4(10)3-7/h1-3H2. The average molecular weight is 174 g/mol. The van der Waals surface area contributed by atoms with Gasteiger partial charge in [-0.25, -0.2) is 9.18 Å². The highest BCUT2D eigenvalue weighted by Gasteiger charge is 2.33. The van der Waals surface area contributed by atoms with Crippen LogP contribution in [-0.4, -0.2) is 25.4 Å². The molecule has 0 unspecified atom stereocenters. The van der Waals surface area contributed by atoms with Crippen LogP contribution in [0.1, 0.15) is 6.42 Å². The van der Waals surface area contributed by atoms with Gasteiger partial charge in [0.25, 0.3) is 0 Å². The molecule has 66 valence electrons. The predicted molar refractivity (Wildman–Crippen MR) is 27.6 cm³/mol. The molecule has 0 aliphatic heterocycles. The fourth-order valence-electron chi connectivity index (χ4n) is 0.355. The Hall–Kier alpha value is -0.810. The summed E-state index contributed by atoms with van der Waals surface area (Å²) >= 11 is 0. The van der Waals surface area contributed by atoms with Crippen LogP contribution in [0.25, 0.3) is 0 Å². The topological polar surface area (TPSA) is 26.3 Å². The van der Waals surface area contributed by atoms with Crippen molar-refractivity contribution in [2.45, 2.75) is 12.5 Å². The number of halogens is 4. The summed E-state index contributed by atoms with van der Waals surface area (Å²) in [6.45, 7) is -2.96. The molecule has 0 spiro atoms. The van der Waals surface area contributed by atoms with E-state index in [2.05, 4.69) is 4.74 Å². The molecule has 2 nitrogen and oxygen atoms in total. The Morgan fingerprint density at radius 2 is 1.91 bits per heavy atom. The van der Waals surface area contributed by atoms with Gasteiger partial charge in [-0.3, -0.25) is 4.39 Å². The molecule has 0 aromatic carbocycles. The summed E-state index contributed by atoms with van der Waals surface area (Å²) in [5.41, 5.74) is 0. The summed E-state index contributed by atoms with van der Waals surface area (Å²) in [6, 6.07) is 0. The molecule has 0 amide bonds. The minimum Gasteiger partial charge on any atom is -0.399 e. The molecular weight excluding hydrogens is 168 g/mol. The Bertz CT molecular complexity index is 136. The molecule has 0 aliphatic rings. The van der Waals surface area contributed by atoms with Crippen molar-refractivity contribution in [2.24, 2.45) is 0 Å². The van der Waals surface area contributed by atoms with Crippen molar-refractivity contribution in [3.63, 3.8) is 0 Å². The molecule has 0 rings (SSSR count). The molecular formula is C5H6F4O2. The molecule has 0 bridgehead atoms. The molecule has 6 heteroatoms. The van der Waals surface area contributed by atoms with Crippen molar-refractivity contribution in [1.82, 2.24) is 0 Å². The highest BCUT2D eigenvalue weighted by atomic mass is 19.3. The van der Waals surface area contributed by atoms with Gasteiger partial charge in [-0.1, -0.05) is 0 Å². The van der Waals surface area contributed by atoms with Crippen LogP contribution in [-0.2, 0) is 9.53 Å². The zero-order valence-corrected chi connectivity index (χ0v) is 5.45. The van der Waals surface area contributed by atoms with Crippen LogP contribution >= 0.6 is 0 Å². The van der Waals surface area contributed by atoms with Crippen LogP contribution < -0.4 is 0 Å². The summed E-state index contributed by atoms with van der Waals surface area (Å²) in [5.74, 6) is -1.69. The van der Waals surface area contributed by atoms with Gasteiger partial charge >= 0.3 is 12.1 Å². The number of hydrogen-bond acceptors (Lipinski definition) is 2. The third-order valence-corrected chi connectivity index (χ3v) is 0.758. The lowest BCUT2D eigenvalue weighted by Crippen LogP contribution is -2.26. The number of carbonyl (C=O) groups excluding carboxylic acids is 1. The van der Waals surface area contributed by atoms with Crippen molar-refractivity contribution in [3.05, 3.63) is 0 Å². The van der Waals surface area contributed by atoms with Crippen LogP contribution in [0, 0.1) is 0 Å². The SMILES string of the molecule is O=C(CF)OC(F)(F)CCF. The minimum absolute atomic E-state index is 1.24. The summed E-state index contributed by atoms with van der Waals surface area (Å²) in [6.07, 6.45) is -5.13. The lowest BCUT2D eigenvalue weighted by Gasteiger charge is -2.13. The average Bonchev–Trinajstić information content (AvgIpc) is 1.86. The van der Waals surface area contributed by atoms with Crippen LogP contribution in [0.5, 0.6) is 0 Å². The zero-order chi connectivity index (χ0) is 8.91. The maximum absolute atomic E-state index is 12.0. The van der Waals surface area contributed by atoms with E-state index in [0.29, 0.717) is 0 Å². The first-order valence-electron chi connectivity index (χ1n) is 2.73. The van der Waals surface area contributed by atoms with E-state index in [4.69, 9.17) is 0 Å². The third kappa shape index (κ3) is 4.58. The number of hydrogen-bond donors (Lipinski definition) is 0. The number of ether oxygens (including phenoxy) is 1. The van der Waals surface area contributed by atoms with Crippen LogP contribution in [0.15, 0.2) is 0 Å². The number of esters is 1. The molecule has 0 aromatic rings. The number of alkyl halides is 4. The van der Waals surface area contributed by atoms with E-state index >= 15 is 0 Å². The van der Waals surface area contributed by atoms with Crippen molar-refractivity contribution < 1.29 is 27.1 Å². The minimum atomic E-state index is -3.89. The van der Waals surface area contributed by atoms with Gasteiger partial charge in [0, 0.05) is 0 Å². The first kappa shape index (κ1) is 10.2. The van der Waals surface area contributed by atoms with E-state index in [9.17, 15) is 22.4 Å². The van der Waals surface area contributed by atoms with Gasteiger partial charge in [-0.05, 0) is 0 Å². The molecule has 0 fully saturated rings. The second kappa shape index (κ2) is 4.15. The predicted octanol–water partition coefficient (Wildman–Crippen LogP) is 1.45. The first-order chi connectivity index (χ1) is 5.02. The Morgan fingerprint density at radius 1 is 1.36 bits per heavy atom. The van der Waals surface area contributed by atoms with E-state index in [-0.39, 0.29) is 0 Å². The van der Waals surface area contributed by atoms with E-state index < -0.39 is 31.8 Å². The number of carbonyl (C=O) groups is 1. The zero-order valence-electron chi connectivity index (χ0n) is 5.45. The molecule has 0 aromatic heterocycles. The van der Waals surface area contributed by atoms with Crippen LogP contribution in [0.4, 0.5) is 17.6 Å². The molecule has 11 heavy (non-hydrogen) atoms. The fraction of sp³-hybridized carbons (Fsp3) is 0.800. The highest BCUT2D eigenvalue weighted by Crippen LogP contribution is 2.19. The second-order valence-corrected chi connectivity index (χ2v) is 1.68. The summed E-state index contributed by atoms with van der Waals surface area (Å²) in [7, 11) is 0. The summed E-state index contributed by atoms with van der Waals surface area (Å²) in [4.78, 5) is 9.90. The van der Waals surface area contributed by atoms with Crippen LogP contribution in [0.2, 0.25) is 0 Å². The van der Waals surface area contributed by atoms with E-state index in [1.807, 2.05) is 0 Å². The molecule has 0 saturated carbocycles. The lowest BCUT2D eigenvalue weighted by atomic mass is 10.4. The van der Waals surface area contributed by atoms with Crippen LogP contribution in [0.3, 0.4) is 0 Å². The normalized spacial score (nSPS) is 11.3. The summed E-state index contributed by atoms with van der Waals surface area (Å²) in [5, 5.41) is 0. The molecule has 0 atom stereocenters. The molecule has 0 heterocycles. The van der Waals surface area contributed by atoms with Gasteiger partial charge in [0.05, 0.1) is 13.1 Å². The monoisotopic (exact) mass is 174 g/mol. The van der Waals surface area contributed by atoms with Crippen molar-refractivity contribution in [3.8, 4) is 0 Å². The Kier molecular flexibility index (Phi) is 3.84. The van der Waals surface area contributed by atoms with Gasteiger partial charge in [-0.15, -0.1) is 0 Å². The lowest BCUT2D eigenvalue weighted by molar-refractivity contribution is -0.236. The Morgan fingerprint density at radius 3 is 2.27 bits per heavy atom. The van der Waals surface area contributed by atoms with Crippen molar-refractivity contribution in [1.29, 1.82) is 0 Å². The molecule has 0 aliphatic carbocycles. The maximum Gasteiger partial charge on any atom is 0.402 e.